The van der Waals surface area contributed by atoms with Gasteiger partial charge in [-0.2, -0.15) is 0 Å². The van der Waals surface area contributed by atoms with Crippen LogP contribution in [0.2, 0.25) is 0 Å². The maximum absolute atomic E-state index is 12.1. The molecule has 0 spiro atoms. The van der Waals surface area contributed by atoms with Crippen LogP contribution in [0.1, 0.15) is 6.42 Å². The lowest BCUT2D eigenvalue weighted by molar-refractivity contribution is -0.261. The monoisotopic (exact) mass is 422 g/mol. The Labute approximate surface area is 165 Å². The Balaban J connectivity index is 2.04. The van der Waals surface area contributed by atoms with Gasteiger partial charge in [-0.15, -0.1) is 0 Å². The number of carboxylic acid groups (broad SMARTS) is 1. The van der Waals surface area contributed by atoms with Crippen molar-refractivity contribution in [3.63, 3.8) is 0 Å². The van der Waals surface area contributed by atoms with Crippen molar-refractivity contribution in [2.24, 2.45) is 0 Å². The summed E-state index contributed by atoms with van der Waals surface area (Å²) in [7, 11) is 0. The van der Waals surface area contributed by atoms with E-state index in [1.807, 2.05) is 0 Å². The van der Waals surface area contributed by atoms with Gasteiger partial charge >= 0.3 is 5.97 Å². The molecule has 13 heteroatoms. The minimum Gasteiger partial charge on any atom is -0.480 e. The predicted molar refractivity (Wildman–Crippen MR) is 92.0 cm³/mol. The van der Waals surface area contributed by atoms with Crippen LogP contribution in [0.4, 0.5) is 0 Å². The van der Waals surface area contributed by atoms with Crippen molar-refractivity contribution in [1.82, 2.24) is 10.6 Å². The van der Waals surface area contributed by atoms with E-state index >= 15 is 0 Å². The topological polar surface area (TPSA) is 218 Å². The van der Waals surface area contributed by atoms with Gasteiger partial charge in [0.25, 0.3) is 5.91 Å². The molecular weight excluding hydrogens is 396 g/mol. The molecule has 0 aliphatic carbocycles. The van der Waals surface area contributed by atoms with Crippen LogP contribution >= 0.6 is 0 Å². The summed E-state index contributed by atoms with van der Waals surface area (Å²) in [6.07, 6.45) is -7.01. The van der Waals surface area contributed by atoms with Gasteiger partial charge < -0.3 is 50.5 Å². The quantitative estimate of drug-likeness (QED) is 0.159. The van der Waals surface area contributed by atoms with Gasteiger partial charge in [0.2, 0.25) is 0 Å². The number of carboxylic acids is 1. The number of aliphatic carboxylic acids is 1. The standard InChI is InChI=1S/C16H26N2O11/c19-4-7-1-2-28-14(7)17-13(25)9(21)3-8(15(26)27)18-16(6-20)12(24)11(23)10(22)5-29-16/h1,8-12,14,18-24H,2-6H2,(H,17,25)(H,26,27)/t8-,9?,10+,11+,12-,14?,16+/m0/s1. The highest BCUT2D eigenvalue weighted by Gasteiger charge is 2.51. The molecule has 2 aliphatic rings. The zero-order valence-electron chi connectivity index (χ0n) is 15.3. The van der Waals surface area contributed by atoms with E-state index in [1.54, 1.807) is 6.08 Å². The van der Waals surface area contributed by atoms with E-state index < -0.39 is 73.9 Å². The Morgan fingerprint density at radius 3 is 2.55 bits per heavy atom. The van der Waals surface area contributed by atoms with Gasteiger partial charge in [-0.1, -0.05) is 6.08 Å². The van der Waals surface area contributed by atoms with Gasteiger partial charge in [-0.05, 0) is 0 Å². The Hall–Kier alpha value is -1.68. The van der Waals surface area contributed by atoms with Gasteiger partial charge in [0.1, 0.15) is 30.5 Å². The summed E-state index contributed by atoms with van der Waals surface area (Å²) in [5.74, 6) is -2.50. The highest BCUT2D eigenvalue weighted by molar-refractivity contribution is 5.82. The first-order valence-electron chi connectivity index (χ1n) is 8.84. The van der Waals surface area contributed by atoms with E-state index in [0.29, 0.717) is 5.57 Å². The zero-order chi connectivity index (χ0) is 21.8. The summed E-state index contributed by atoms with van der Waals surface area (Å²) >= 11 is 0. The molecule has 7 atom stereocenters. The molecule has 13 nitrogen and oxygen atoms in total. The minimum atomic E-state index is -2.14. The highest BCUT2D eigenvalue weighted by atomic mass is 16.6. The van der Waals surface area contributed by atoms with E-state index in [1.165, 1.54) is 0 Å². The molecule has 1 saturated heterocycles. The van der Waals surface area contributed by atoms with Crippen molar-refractivity contribution in [3.8, 4) is 0 Å². The normalized spacial score (nSPS) is 34.3. The summed E-state index contributed by atoms with van der Waals surface area (Å²) in [6.45, 7) is -1.69. The van der Waals surface area contributed by atoms with Gasteiger partial charge in [-0.3, -0.25) is 14.9 Å². The molecule has 2 heterocycles. The second kappa shape index (κ2) is 9.88. The van der Waals surface area contributed by atoms with Crippen LogP contribution in [0.15, 0.2) is 11.6 Å². The fourth-order valence-electron chi connectivity index (χ4n) is 3.04. The molecule has 0 radical (unpaired) electrons. The highest BCUT2D eigenvalue weighted by Crippen LogP contribution is 2.25. The number of ether oxygens (including phenoxy) is 2. The molecule has 0 aromatic rings. The van der Waals surface area contributed by atoms with Crippen molar-refractivity contribution in [2.45, 2.75) is 48.8 Å². The first-order chi connectivity index (χ1) is 13.6. The van der Waals surface area contributed by atoms with Crippen LogP contribution in [-0.2, 0) is 19.1 Å². The molecule has 0 aromatic carbocycles. The number of rotatable bonds is 9. The lowest BCUT2D eigenvalue weighted by Gasteiger charge is -2.45. The number of nitrogens with one attached hydrogen (secondary N) is 2. The van der Waals surface area contributed by atoms with Crippen LogP contribution < -0.4 is 10.6 Å². The summed E-state index contributed by atoms with van der Waals surface area (Å²) in [5, 5.41) is 72.4. The Morgan fingerprint density at radius 1 is 1.28 bits per heavy atom. The Bertz CT molecular complexity index is 630. The number of aliphatic hydroxyl groups is 6. The SMILES string of the molecule is O=C(NC1OCC=C1CO)C(O)C[C@H](N[C@]1(CO)OC[C@@H](O)[C@@H](O)[C@@H]1O)C(=O)O. The van der Waals surface area contributed by atoms with E-state index in [9.17, 15) is 40.2 Å². The largest absolute Gasteiger partial charge is 0.480 e. The van der Waals surface area contributed by atoms with Gasteiger partial charge in [0.05, 0.1) is 26.4 Å². The van der Waals surface area contributed by atoms with E-state index in [0.717, 1.165) is 0 Å². The molecule has 0 saturated carbocycles. The molecule has 1 amide bonds. The van der Waals surface area contributed by atoms with Crippen LogP contribution in [0, 0.1) is 0 Å². The molecule has 2 aliphatic heterocycles. The van der Waals surface area contributed by atoms with Crippen molar-refractivity contribution in [1.29, 1.82) is 0 Å². The van der Waals surface area contributed by atoms with Crippen LogP contribution in [0.25, 0.3) is 0 Å². The number of aliphatic hydroxyl groups excluding tert-OH is 6. The number of carbonyl (C=O) groups is 2. The van der Waals surface area contributed by atoms with Crippen LogP contribution in [0.5, 0.6) is 0 Å². The molecule has 29 heavy (non-hydrogen) atoms. The Kier molecular flexibility index (Phi) is 8.04. The molecule has 1 fully saturated rings. The number of hydrogen-bond acceptors (Lipinski definition) is 11. The smallest absolute Gasteiger partial charge is 0.320 e. The molecular formula is C16H26N2O11. The number of hydrogen-bond donors (Lipinski definition) is 9. The van der Waals surface area contributed by atoms with Crippen molar-refractivity contribution in [3.05, 3.63) is 11.6 Å². The third-order valence-corrected chi connectivity index (χ3v) is 4.82. The number of carbonyl (C=O) groups excluding carboxylic acids is 1. The number of amides is 1. The van der Waals surface area contributed by atoms with E-state index in [-0.39, 0.29) is 13.2 Å². The molecule has 9 N–H and O–H groups in total. The summed E-state index contributed by atoms with van der Waals surface area (Å²) in [6, 6.07) is -1.68. The molecule has 2 rings (SSSR count). The third-order valence-electron chi connectivity index (χ3n) is 4.82. The average molecular weight is 422 g/mol. The minimum absolute atomic E-state index is 0.151. The second-order valence-electron chi connectivity index (χ2n) is 6.81. The second-order valence-corrected chi connectivity index (χ2v) is 6.81. The summed E-state index contributed by atoms with van der Waals surface area (Å²) in [4.78, 5) is 23.7. The molecule has 0 aromatic heterocycles. The van der Waals surface area contributed by atoms with E-state index in [2.05, 4.69) is 10.6 Å². The lowest BCUT2D eigenvalue weighted by Crippen LogP contribution is -2.71. The maximum Gasteiger partial charge on any atom is 0.320 e. The van der Waals surface area contributed by atoms with Gasteiger partial charge in [0, 0.05) is 12.0 Å². The Morgan fingerprint density at radius 2 is 1.97 bits per heavy atom. The van der Waals surface area contributed by atoms with Crippen LogP contribution in [-0.4, -0.2) is 116 Å². The van der Waals surface area contributed by atoms with Gasteiger partial charge in [-0.25, -0.2) is 0 Å². The molecule has 0 bridgehead atoms. The third kappa shape index (κ3) is 5.28. The zero-order valence-corrected chi connectivity index (χ0v) is 15.3. The van der Waals surface area contributed by atoms with Crippen molar-refractivity contribution < 1.29 is 54.8 Å². The lowest BCUT2D eigenvalue weighted by atomic mass is 9.93. The maximum atomic E-state index is 12.1. The van der Waals surface area contributed by atoms with E-state index in [4.69, 9.17) is 14.6 Å². The summed E-state index contributed by atoms with van der Waals surface area (Å²) in [5.41, 5.74) is -1.76. The van der Waals surface area contributed by atoms with Gasteiger partial charge in [0.15, 0.2) is 12.0 Å². The van der Waals surface area contributed by atoms with Crippen molar-refractivity contribution >= 4 is 11.9 Å². The predicted octanol–water partition coefficient (Wildman–Crippen LogP) is -5.03. The summed E-state index contributed by atoms with van der Waals surface area (Å²) < 4.78 is 10.3. The fourth-order valence-corrected chi connectivity index (χ4v) is 3.04. The van der Waals surface area contributed by atoms with Crippen LogP contribution in [0.3, 0.4) is 0 Å². The fraction of sp³-hybridized carbons (Fsp3) is 0.750. The first-order valence-corrected chi connectivity index (χ1v) is 8.84. The molecule has 166 valence electrons. The molecule has 2 unspecified atom stereocenters. The van der Waals surface area contributed by atoms with Crippen molar-refractivity contribution in [2.75, 3.05) is 26.4 Å². The average Bonchev–Trinajstić information content (AvgIpc) is 3.14. The first kappa shape index (κ1) is 23.6.